The van der Waals surface area contributed by atoms with E-state index in [1.165, 1.54) is 19.3 Å². The molecule has 1 aliphatic rings. The van der Waals surface area contributed by atoms with Crippen molar-refractivity contribution in [3.63, 3.8) is 0 Å². The first kappa shape index (κ1) is 9.30. The fraction of sp³-hybridized carbons (Fsp3) is 0.700. The number of cyclic esters (lactones) is 1. The van der Waals surface area contributed by atoms with Gasteiger partial charge in [0, 0.05) is 0 Å². The van der Waals surface area contributed by atoms with E-state index in [1.54, 1.807) is 0 Å². The molecule has 0 N–H and O–H groups in total. The first-order chi connectivity index (χ1) is 5.89. The zero-order valence-electron chi connectivity index (χ0n) is 7.42. The van der Waals surface area contributed by atoms with Crippen molar-refractivity contribution in [3.05, 3.63) is 12.2 Å². The Morgan fingerprint density at radius 1 is 1.08 bits per heavy atom. The van der Waals surface area contributed by atoms with Crippen LogP contribution in [0.2, 0.25) is 0 Å². The molecule has 0 saturated carbocycles. The number of carbonyl (C=O) groups excluding carboxylic acids is 1. The van der Waals surface area contributed by atoms with Gasteiger partial charge in [-0.25, -0.2) is 0 Å². The molecule has 0 fully saturated rings. The summed E-state index contributed by atoms with van der Waals surface area (Å²) in [5, 5.41) is 0. The quantitative estimate of drug-likeness (QED) is 0.410. The second kappa shape index (κ2) is 5.81. The standard InChI is InChI=1S/C10H16O2/c11-10-8-6-4-2-1-3-5-7-9-12-10/h4,6H,1-3,5,7-9H2/b6-4-. The van der Waals surface area contributed by atoms with Crippen LogP contribution in [0.3, 0.4) is 0 Å². The van der Waals surface area contributed by atoms with Crippen LogP contribution in [0.15, 0.2) is 12.2 Å². The summed E-state index contributed by atoms with van der Waals surface area (Å²) < 4.78 is 4.98. The summed E-state index contributed by atoms with van der Waals surface area (Å²) in [5.41, 5.74) is 0. The lowest BCUT2D eigenvalue weighted by Gasteiger charge is -2.01. The Hall–Kier alpha value is -0.790. The Labute approximate surface area is 73.6 Å². The van der Waals surface area contributed by atoms with E-state index in [9.17, 15) is 4.79 Å². The summed E-state index contributed by atoms with van der Waals surface area (Å²) >= 11 is 0. The van der Waals surface area contributed by atoms with Crippen molar-refractivity contribution < 1.29 is 9.53 Å². The van der Waals surface area contributed by atoms with E-state index in [2.05, 4.69) is 6.08 Å². The van der Waals surface area contributed by atoms with Crippen molar-refractivity contribution >= 4 is 5.97 Å². The van der Waals surface area contributed by atoms with Crippen LogP contribution in [-0.2, 0) is 9.53 Å². The van der Waals surface area contributed by atoms with Gasteiger partial charge < -0.3 is 4.74 Å². The molecule has 0 bridgehead atoms. The van der Waals surface area contributed by atoms with Gasteiger partial charge in [-0.3, -0.25) is 4.79 Å². The van der Waals surface area contributed by atoms with E-state index < -0.39 is 0 Å². The summed E-state index contributed by atoms with van der Waals surface area (Å²) in [7, 11) is 0. The SMILES string of the molecule is O=C1C/C=C\CCCCCCO1. The van der Waals surface area contributed by atoms with E-state index in [0.29, 0.717) is 13.0 Å². The molecule has 0 amide bonds. The first-order valence-corrected chi connectivity index (χ1v) is 4.70. The van der Waals surface area contributed by atoms with Gasteiger partial charge in [-0.1, -0.05) is 25.0 Å². The van der Waals surface area contributed by atoms with Crippen LogP contribution in [0, 0.1) is 0 Å². The van der Waals surface area contributed by atoms with Gasteiger partial charge in [0.2, 0.25) is 0 Å². The van der Waals surface area contributed by atoms with Gasteiger partial charge in [0.05, 0.1) is 13.0 Å². The first-order valence-electron chi connectivity index (χ1n) is 4.70. The minimum Gasteiger partial charge on any atom is -0.465 e. The smallest absolute Gasteiger partial charge is 0.309 e. The van der Waals surface area contributed by atoms with Crippen LogP contribution in [0.4, 0.5) is 0 Å². The minimum atomic E-state index is -0.0897. The van der Waals surface area contributed by atoms with Gasteiger partial charge >= 0.3 is 5.97 Å². The van der Waals surface area contributed by atoms with Gasteiger partial charge in [0.1, 0.15) is 0 Å². The molecule has 1 aliphatic heterocycles. The Bertz CT molecular complexity index is 161. The Morgan fingerprint density at radius 2 is 1.92 bits per heavy atom. The van der Waals surface area contributed by atoms with E-state index >= 15 is 0 Å². The van der Waals surface area contributed by atoms with E-state index in [4.69, 9.17) is 4.74 Å². The van der Waals surface area contributed by atoms with Gasteiger partial charge in [-0.05, 0) is 19.3 Å². The van der Waals surface area contributed by atoms with Crippen molar-refractivity contribution in [3.8, 4) is 0 Å². The van der Waals surface area contributed by atoms with E-state index in [-0.39, 0.29) is 5.97 Å². The summed E-state index contributed by atoms with van der Waals surface area (Å²) in [6.45, 7) is 0.604. The molecule has 0 aliphatic carbocycles. The van der Waals surface area contributed by atoms with Crippen molar-refractivity contribution in [2.24, 2.45) is 0 Å². The monoisotopic (exact) mass is 168 g/mol. The lowest BCUT2D eigenvalue weighted by Crippen LogP contribution is -2.03. The summed E-state index contributed by atoms with van der Waals surface area (Å²) in [6.07, 6.45) is 10.2. The highest BCUT2D eigenvalue weighted by Gasteiger charge is 1.99. The molecular formula is C10H16O2. The van der Waals surface area contributed by atoms with Crippen LogP contribution in [0.25, 0.3) is 0 Å². The number of hydrogen-bond acceptors (Lipinski definition) is 2. The predicted octanol–water partition coefficient (Wildman–Crippen LogP) is 2.44. The second-order valence-corrected chi connectivity index (χ2v) is 3.10. The third kappa shape index (κ3) is 4.16. The zero-order valence-corrected chi connectivity index (χ0v) is 7.42. The van der Waals surface area contributed by atoms with Crippen LogP contribution in [-0.4, -0.2) is 12.6 Å². The molecule has 0 atom stereocenters. The number of rotatable bonds is 0. The maximum atomic E-state index is 10.9. The summed E-state index contributed by atoms with van der Waals surface area (Å²) in [6, 6.07) is 0. The minimum absolute atomic E-state index is 0.0897. The molecule has 0 radical (unpaired) electrons. The average molecular weight is 168 g/mol. The van der Waals surface area contributed by atoms with E-state index in [1.807, 2.05) is 6.08 Å². The van der Waals surface area contributed by atoms with Gasteiger partial charge in [0.15, 0.2) is 0 Å². The molecule has 0 unspecified atom stereocenters. The number of ether oxygens (including phenoxy) is 1. The Kier molecular flexibility index (Phi) is 4.50. The average Bonchev–Trinajstić information content (AvgIpc) is 2.11. The largest absolute Gasteiger partial charge is 0.465 e. The molecular weight excluding hydrogens is 152 g/mol. The number of carbonyl (C=O) groups is 1. The third-order valence-corrected chi connectivity index (χ3v) is 1.98. The molecule has 12 heavy (non-hydrogen) atoms. The van der Waals surface area contributed by atoms with Crippen molar-refractivity contribution in [1.82, 2.24) is 0 Å². The second-order valence-electron chi connectivity index (χ2n) is 3.10. The number of hydrogen-bond donors (Lipinski definition) is 0. The Morgan fingerprint density at radius 3 is 2.83 bits per heavy atom. The molecule has 0 saturated heterocycles. The fourth-order valence-electron chi connectivity index (χ4n) is 1.26. The van der Waals surface area contributed by atoms with E-state index in [0.717, 1.165) is 12.8 Å². The molecule has 0 spiro atoms. The molecule has 0 aromatic carbocycles. The van der Waals surface area contributed by atoms with Gasteiger partial charge in [-0.15, -0.1) is 0 Å². The topological polar surface area (TPSA) is 26.3 Å². The lowest BCUT2D eigenvalue weighted by molar-refractivity contribution is -0.142. The molecule has 2 heteroatoms. The number of allylic oxidation sites excluding steroid dienone is 1. The normalized spacial score (nSPS) is 23.8. The highest BCUT2D eigenvalue weighted by atomic mass is 16.5. The maximum absolute atomic E-state index is 10.9. The molecule has 1 heterocycles. The highest BCUT2D eigenvalue weighted by molar-refractivity contribution is 5.71. The fourth-order valence-corrected chi connectivity index (χ4v) is 1.26. The molecule has 1 rings (SSSR count). The zero-order chi connectivity index (χ0) is 8.65. The summed E-state index contributed by atoms with van der Waals surface area (Å²) in [5.74, 6) is -0.0897. The van der Waals surface area contributed by atoms with Crippen molar-refractivity contribution in [2.45, 2.75) is 38.5 Å². The van der Waals surface area contributed by atoms with Crippen molar-refractivity contribution in [2.75, 3.05) is 6.61 Å². The highest BCUT2D eigenvalue weighted by Crippen LogP contribution is 2.06. The molecule has 68 valence electrons. The lowest BCUT2D eigenvalue weighted by atomic mass is 10.1. The maximum Gasteiger partial charge on any atom is 0.309 e. The van der Waals surface area contributed by atoms with Crippen LogP contribution >= 0.6 is 0 Å². The molecule has 2 nitrogen and oxygen atoms in total. The third-order valence-electron chi connectivity index (χ3n) is 1.98. The summed E-state index contributed by atoms with van der Waals surface area (Å²) in [4.78, 5) is 10.9. The Balaban J connectivity index is 2.28. The predicted molar refractivity (Wildman–Crippen MR) is 47.8 cm³/mol. The number of esters is 1. The molecule has 0 aromatic rings. The van der Waals surface area contributed by atoms with Crippen LogP contribution in [0.5, 0.6) is 0 Å². The van der Waals surface area contributed by atoms with Crippen LogP contribution < -0.4 is 0 Å². The van der Waals surface area contributed by atoms with Crippen molar-refractivity contribution in [1.29, 1.82) is 0 Å². The van der Waals surface area contributed by atoms with Crippen LogP contribution in [0.1, 0.15) is 38.5 Å². The van der Waals surface area contributed by atoms with Gasteiger partial charge in [-0.2, -0.15) is 0 Å². The van der Waals surface area contributed by atoms with Gasteiger partial charge in [0.25, 0.3) is 0 Å². The molecule has 0 aromatic heterocycles.